The van der Waals surface area contributed by atoms with Crippen molar-refractivity contribution in [3.8, 4) is 0 Å². The molecule has 2 amide bonds. The summed E-state index contributed by atoms with van der Waals surface area (Å²) in [6.45, 7) is 1.91. The SMILES string of the molecule is Cn1c(=O)c2c(nc(N3CCN(C(=O)Nc4ccc(Cl)c(Cl)c4)CC3)n2Cc2ccc(F)cc2)n(C)c1=O. The molecule has 1 fully saturated rings. The summed E-state index contributed by atoms with van der Waals surface area (Å²) >= 11 is 12.0. The van der Waals surface area contributed by atoms with Gasteiger partial charge in [-0.2, -0.15) is 4.98 Å². The van der Waals surface area contributed by atoms with Crippen LogP contribution in [0.3, 0.4) is 0 Å². The Kier molecular flexibility index (Phi) is 6.89. The molecule has 3 heterocycles. The first-order chi connectivity index (χ1) is 18.1. The zero-order valence-electron chi connectivity index (χ0n) is 20.6. The van der Waals surface area contributed by atoms with Crippen LogP contribution >= 0.6 is 23.2 Å². The van der Waals surface area contributed by atoms with E-state index in [0.29, 0.717) is 47.9 Å². The number of rotatable bonds is 4. The number of nitrogens with one attached hydrogen (secondary N) is 1. The third-order valence-corrected chi connectivity index (χ3v) is 7.34. The Bertz CT molecular complexity index is 1650. The van der Waals surface area contributed by atoms with Gasteiger partial charge in [0.05, 0.1) is 16.6 Å². The number of piperazine rings is 1. The standard InChI is InChI=1S/C25H24Cl2FN7O3/c1-31-21-20(22(36)32(2)25(31)38)35(14-15-3-5-16(28)6-4-15)23(30-21)33-9-11-34(12-10-33)24(37)29-17-7-8-18(26)19(27)13-17/h3-8,13H,9-12,14H2,1-2H3,(H,29,37). The van der Waals surface area contributed by atoms with Gasteiger partial charge in [-0.3, -0.25) is 18.5 Å². The number of halogens is 3. The molecule has 1 N–H and O–H groups in total. The number of benzene rings is 2. The number of urea groups is 1. The second-order valence-corrected chi connectivity index (χ2v) is 9.85. The predicted octanol–water partition coefficient (Wildman–Crippen LogP) is 3.28. The first kappa shape index (κ1) is 25.8. The van der Waals surface area contributed by atoms with Crippen LogP contribution in [0.15, 0.2) is 52.1 Å². The van der Waals surface area contributed by atoms with Gasteiger partial charge in [0, 0.05) is 46.0 Å². The Hall–Kier alpha value is -3.83. The Morgan fingerprint density at radius 1 is 0.974 bits per heavy atom. The van der Waals surface area contributed by atoms with Gasteiger partial charge in [-0.05, 0) is 35.9 Å². The summed E-state index contributed by atoms with van der Waals surface area (Å²) in [6, 6.07) is 10.6. The summed E-state index contributed by atoms with van der Waals surface area (Å²) in [5.74, 6) is 0.130. The maximum atomic E-state index is 13.5. The van der Waals surface area contributed by atoms with Gasteiger partial charge < -0.3 is 15.1 Å². The van der Waals surface area contributed by atoms with Crippen molar-refractivity contribution in [1.82, 2.24) is 23.6 Å². The van der Waals surface area contributed by atoms with Gasteiger partial charge in [0.1, 0.15) is 5.82 Å². The third-order valence-electron chi connectivity index (χ3n) is 6.60. The van der Waals surface area contributed by atoms with Gasteiger partial charge in [0.25, 0.3) is 5.56 Å². The maximum absolute atomic E-state index is 13.5. The number of hydrogen-bond donors (Lipinski definition) is 1. The molecule has 4 aromatic rings. The van der Waals surface area contributed by atoms with E-state index < -0.39 is 11.2 Å². The Labute approximate surface area is 226 Å². The van der Waals surface area contributed by atoms with Crippen LogP contribution in [0.25, 0.3) is 11.2 Å². The highest BCUT2D eigenvalue weighted by molar-refractivity contribution is 6.42. The normalized spacial score (nSPS) is 13.8. The quantitative estimate of drug-likeness (QED) is 0.414. The lowest BCUT2D eigenvalue weighted by Gasteiger charge is -2.35. The number of imidazole rings is 1. The summed E-state index contributed by atoms with van der Waals surface area (Å²) in [5.41, 5.74) is 0.878. The first-order valence-corrected chi connectivity index (χ1v) is 12.6. The van der Waals surface area contributed by atoms with E-state index in [1.807, 2.05) is 4.90 Å². The number of hydrogen-bond acceptors (Lipinski definition) is 5. The van der Waals surface area contributed by atoms with Gasteiger partial charge >= 0.3 is 11.7 Å². The van der Waals surface area contributed by atoms with Crippen molar-refractivity contribution in [2.75, 3.05) is 36.4 Å². The molecule has 0 saturated carbocycles. The van der Waals surface area contributed by atoms with E-state index in [-0.39, 0.29) is 29.6 Å². The second-order valence-electron chi connectivity index (χ2n) is 9.04. The highest BCUT2D eigenvalue weighted by Crippen LogP contribution is 2.26. The molecule has 5 rings (SSSR count). The molecule has 2 aromatic heterocycles. The van der Waals surface area contributed by atoms with Gasteiger partial charge in [-0.15, -0.1) is 0 Å². The molecule has 1 aliphatic rings. The lowest BCUT2D eigenvalue weighted by molar-refractivity contribution is 0.208. The molecule has 0 radical (unpaired) electrons. The van der Waals surface area contributed by atoms with Gasteiger partial charge in [-0.1, -0.05) is 35.3 Å². The van der Waals surface area contributed by atoms with E-state index in [4.69, 9.17) is 23.2 Å². The summed E-state index contributed by atoms with van der Waals surface area (Å²) in [6.07, 6.45) is 0. The summed E-state index contributed by atoms with van der Waals surface area (Å²) in [4.78, 5) is 46.9. The smallest absolute Gasteiger partial charge is 0.332 e. The lowest BCUT2D eigenvalue weighted by atomic mass is 10.2. The molecule has 13 heteroatoms. The molecule has 10 nitrogen and oxygen atoms in total. The topological polar surface area (TPSA) is 97.4 Å². The fraction of sp³-hybridized carbons (Fsp3) is 0.280. The molecule has 1 aliphatic heterocycles. The largest absolute Gasteiger partial charge is 0.339 e. The summed E-state index contributed by atoms with van der Waals surface area (Å²) < 4.78 is 17.6. The van der Waals surface area contributed by atoms with Crippen molar-refractivity contribution < 1.29 is 9.18 Å². The molecule has 38 heavy (non-hydrogen) atoms. The maximum Gasteiger partial charge on any atom is 0.332 e. The van der Waals surface area contributed by atoms with E-state index in [1.165, 1.54) is 23.7 Å². The monoisotopic (exact) mass is 559 g/mol. The third kappa shape index (κ3) is 4.74. The minimum Gasteiger partial charge on any atom is -0.339 e. The van der Waals surface area contributed by atoms with Crippen molar-refractivity contribution in [2.45, 2.75) is 6.54 Å². The van der Waals surface area contributed by atoms with Gasteiger partial charge in [0.15, 0.2) is 11.2 Å². The zero-order chi connectivity index (χ0) is 27.1. The van der Waals surface area contributed by atoms with Crippen LogP contribution in [0.1, 0.15) is 5.56 Å². The van der Waals surface area contributed by atoms with E-state index in [1.54, 1.807) is 46.8 Å². The van der Waals surface area contributed by atoms with Crippen molar-refractivity contribution in [3.05, 3.63) is 84.7 Å². The summed E-state index contributed by atoms with van der Waals surface area (Å²) in [5, 5.41) is 3.56. The van der Waals surface area contributed by atoms with Crippen molar-refractivity contribution in [3.63, 3.8) is 0 Å². The number of carbonyl (C=O) groups excluding carboxylic acids is 1. The molecule has 0 unspecified atom stereocenters. The number of aromatic nitrogens is 4. The number of aryl methyl sites for hydroxylation is 1. The number of amides is 2. The lowest BCUT2D eigenvalue weighted by Crippen LogP contribution is -2.50. The predicted molar refractivity (Wildman–Crippen MR) is 145 cm³/mol. The Balaban J connectivity index is 1.43. The zero-order valence-corrected chi connectivity index (χ0v) is 22.1. The van der Waals surface area contributed by atoms with Crippen LogP contribution in [0.2, 0.25) is 10.0 Å². The van der Waals surface area contributed by atoms with Crippen molar-refractivity contribution in [2.24, 2.45) is 14.1 Å². The molecule has 1 saturated heterocycles. The molecular weight excluding hydrogens is 536 g/mol. The van der Waals surface area contributed by atoms with Crippen LogP contribution in [0.5, 0.6) is 0 Å². The fourth-order valence-corrected chi connectivity index (χ4v) is 4.78. The summed E-state index contributed by atoms with van der Waals surface area (Å²) in [7, 11) is 2.98. The van der Waals surface area contributed by atoms with Crippen LogP contribution in [-0.4, -0.2) is 55.8 Å². The molecule has 0 aliphatic carbocycles. The van der Waals surface area contributed by atoms with E-state index in [9.17, 15) is 18.8 Å². The van der Waals surface area contributed by atoms with E-state index >= 15 is 0 Å². The molecule has 0 bridgehead atoms. The molecule has 0 atom stereocenters. The van der Waals surface area contributed by atoms with Gasteiger partial charge in [-0.25, -0.2) is 14.0 Å². The van der Waals surface area contributed by atoms with Crippen LogP contribution < -0.4 is 21.5 Å². The fourth-order valence-electron chi connectivity index (χ4n) is 4.48. The van der Waals surface area contributed by atoms with Crippen molar-refractivity contribution in [1.29, 1.82) is 0 Å². The van der Waals surface area contributed by atoms with Crippen LogP contribution in [0.4, 0.5) is 20.8 Å². The van der Waals surface area contributed by atoms with Gasteiger partial charge in [0.2, 0.25) is 5.95 Å². The van der Waals surface area contributed by atoms with E-state index in [2.05, 4.69) is 10.3 Å². The Morgan fingerprint density at radius 3 is 2.32 bits per heavy atom. The molecule has 2 aromatic carbocycles. The number of fused-ring (bicyclic) bond motifs is 1. The highest BCUT2D eigenvalue weighted by atomic mass is 35.5. The highest BCUT2D eigenvalue weighted by Gasteiger charge is 2.27. The second kappa shape index (κ2) is 10.1. The first-order valence-electron chi connectivity index (χ1n) is 11.8. The van der Waals surface area contributed by atoms with E-state index in [0.717, 1.165) is 10.1 Å². The van der Waals surface area contributed by atoms with Crippen LogP contribution in [-0.2, 0) is 20.6 Å². The average Bonchev–Trinajstić information content (AvgIpc) is 3.29. The van der Waals surface area contributed by atoms with Crippen molar-refractivity contribution >= 4 is 52.0 Å². The minimum atomic E-state index is -0.482. The molecule has 0 spiro atoms. The number of carbonyl (C=O) groups is 1. The van der Waals surface area contributed by atoms with Crippen LogP contribution in [0, 0.1) is 5.82 Å². The molecular formula is C25H24Cl2FN7O3. The number of anilines is 2. The Morgan fingerprint density at radius 2 is 1.66 bits per heavy atom. The molecule has 198 valence electrons. The minimum absolute atomic E-state index is 0.248. The number of nitrogens with zero attached hydrogens (tertiary/aromatic N) is 6. The average molecular weight is 560 g/mol.